The Labute approximate surface area is 222 Å². The van der Waals surface area contributed by atoms with Crippen molar-refractivity contribution in [2.45, 2.75) is 55.4 Å². The molecule has 0 amide bonds. The first kappa shape index (κ1) is 32.5. The molecule has 2 aromatic carbocycles. The first-order valence-corrected chi connectivity index (χ1v) is 12.5. The van der Waals surface area contributed by atoms with E-state index in [1.165, 1.54) is 11.1 Å². The molecule has 2 rings (SSSR count). The molecular formula is C29H41Cl2N3O. The highest BCUT2D eigenvalue weighted by Gasteiger charge is 2.14. The fourth-order valence-corrected chi connectivity index (χ4v) is 3.51. The van der Waals surface area contributed by atoms with Crippen molar-refractivity contribution in [2.24, 2.45) is 10.9 Å². The van der Waals surface area contributed by atoms with E-state index in [0.717, 1.165) is 29.9 Å². The van der Waals surface area contributed by atoms with Gasteiger partial charge < -0.3 is 15.7 Å². The van der Waals surface area contributed by atoms with Gasteiger partial charge in [-0.25, -0.2) is 4.99 Å². The van der Waals surface area contributed by atoms with Crippen LogP contribution in [0.25, 0.3) is 0 Å². The number of nitrogens with one attached hydrogen (secondary N) is 2. The summed E-state index contributed by atoms with van der Waals surface area (Å²) in [6.07, 6.45) is 4.03. The smallest absolute Gasteiger partial charge is 0.140 e. The predicted molar refractivity (Wildman–Crippen MR) is 157 cm³/mol. The van der Waals surface area contributed by atoms with Crippen LogP contribution >= 0.6 is 23.2 Å². The molecule has 0 aliphatic carbocycles. The van der Waals surface area contributed by atoms with Crippen molar-refractivity contribution in [3.63, 3.8) is 0 Å². The number of halogens is 2. The van der Waals surface area contributed by atoms with Gasteiger partial charge in [0.1, 0.15) is 5.84 Å². The SMILES string of the molecule is C=C(Nc1ccc(C)c(C)c1)C(C)/C=C(\C)NC(=N/C(C)=C/C)c1c(Cl)cccc1Cl.CC.CO. The topological polar surface area (TPSA) is 56.7 Å². The number of aliphatic hydroxyl groups is 1. The van der Waals surface area contributed by atoms with Crippen LogP contribution in [0.5, 0.6) is 0 Å². The Hall–Kier alpha value is -2.53. The number of benzene rings is 2. The molecule has 3 N–H and O–H groups in total. The van der Waals surface area contributed by atoms with Gasteiger partial charge in [-0.05, 0) is 70.0 Å². The van der Waals surface area contributed by atoms with Gasteiger partial charge in [0.05, 0.1) is 15.6 Å². The van der Waals surface area contributed by atoms with Crippen molar-refractivity contribution in [1.29, 1.82) is 0 Å². The molecule has 0 aliphatic heterocycles. The lowest BCUT2D eigenvalue weighted by molar-refractivity contribution is 0.399. The van der Waals surface area contributed by atoms with Crippen LogP contribution in [0.2, 0.25) is 10.0 Å². The average molecular weight is 519 g/mol. The first-order valence-electron chi connectivity index (χ1n) is 11.7. The standard InChI is InChI=1S/C26H31Cl2N3.C2H6.CH4O/c1-8-19(5)29-26(25-23(27)10-9-11-24(25)28)30-20(6)14-18(4)21(7)31-22-13-12-16(2)17(3)15-22;2*1-2/h8-15,18,31H,7H2,1-6H3,(H,29,30);1-2H3;2H,1H3/b19-8+,20-14+;;. The van der Waals surface area contributed by atoms with Gasteiger partial charge in [-0.15, -0.1) is 0 Å². The average Bonchev–Trinajstić information content (AvgIpc) is 2.83. The van der Waals surface area contributed by atoms with Gasteiger partial charge in [0, 0.05) is 35.8 Å². The van der Waals surface area contributed by atoms with Gasteiger partial charge >= 0.3 is 0 Å². The number of aliphatic hydroxyl groups excluding tert-OH is 1. The number of hydrogen-bond acceptors (Lipinski definition) is 3. The van der Waals surface area contributed by atoms with Crippen molar-refractivity contribution in [3.8, 4) is 0 Å². The molecule has 0 saturated carbocycles. The lowest BCUT2D eigenvalue weighted by Crippen LogP contribution is -2.24. The second-order valence-corrected chi connectivity index (χ2v) is 8.51. The van der Waals surface area contributed by atoms with E-state index in [2.05, 4.69) is 67.3 Å². The normalized spacial score (nSPS) is 12.5. The van der Waals surface area contributed by atoms with E-state index in [1.54, 1.807) is 0 Å². The van der Waals surface area contributed by atoms with Gasteiger partial charge in [-0.1, -0.05) is 74.8 Å². The van der Waals surface area contributed by atoms with E-state index in [4.69, 9.17) is 28.3 Å². The van der Waals surface area contributed by atoms with Crippen molar-refractivity contribution in [1.82, 2.24) is 5.32 Å². The van der Waals surface area contributed by atoms with Crippen molar-refractivity contribution in [2.75, 3.05) is 12.4 Å². The quantitative estimate of drug-likeness (QED) is 0.254. The van der Waals surface area contributed by atoms with E-state index >= 15 is 0 Å². The zero-order valence-corrected chi connectivity index (χ0v) is 24.1. The summed E-state index contributed by atoms with van der Waals surface area (Å²) in [4.78, 5) is 4.68. The minimum Gasteiger partial charge on any atom is -0.400 e. The third-order valence-corrected chi connectivity index (χ3v) is 5.71. The third-order valence-electron chi connectivity index (χ3n) is 5.08. The lowest BCUT2D eigenvalue weighted by atomic mass is 10.1. The number of rotatable bonds is 7. The Morgan fingerprint density at radius 2 is 1.60 bits per heavy atom. The maximum absolute atomic E-state index is 7.00. The predicted octanol–water partition coefficient (Wildman–Crippen LogP) is 8.67. The van der Waals surface area contributed by atoms with Gasteiger partial charge in [0.2, 0.25) is 0 Å². The summed E-state index contributed by atoms with van der Waals surface area (Å²) in [6.45, 7) is 20.4. The summed E-state index contributed by atoms with van der Waals surface area (Å²) in [6, 6.07) is 11.7. The van der Waals surface area contributed by atoms with E-state index in [0.29, 0.717) is 21.4 Å². The molecule has 0 saturated heterocycles. The molecule has 1 atom stereocenters. The van der Waals surface area contributed by atoms with Crippen molar-refractivity contribution < 1.29 is 5.11 Å². The molecule has 4 nitrogen and oxygen atoms in total. The van der Waals surface area contributed by atoms with Crippen LogP contribution in [0, 0.1) is 19.8 Å². The number of hydrogen-bond donors (Lipinski definition) is 3. The summed E-state index contributed by atoms with van der Waals surface area (Å²) in [5.74, 6) is 0.694. The molecule has 0 aromatic heterocycles. The first-order chi connectivity index (χ1) is 16.6. The van der Waals surface area contributed by atoms with Crippen molar-refractivity contribution >= 4 is 34.7 Å². The molecule has 1 unspecified atom stereocenters. The van der Waals surface area contributed by atoms with Crippen LogP contribution in [0.15, 0.2) is 77.2 Å². The molecule has 0 heterocycles. The third kappa shape index (κ3) is 10.7. The van der Waals surface area contributed by atoms with Crippen LogP contribution in [-0.2, 0) is 0 Å². The Kier molecular flexibility index (Phi) is 15.8. The molecule has 0 aliphatic rings. The molecule has 0 bridgehead atoms. The van der Waals surface area contributed by atoms with Crippen LogP contribution in [-0.4, -0.2) is 18.1 Å². The number of amidine groups is 1. The summed E-state index contributed by atoms with van der Waals surface area (Å²) in [5, 5.41) is 14.9. The van der Waals surface area contributed by atoms with E-state index in [-0.39, 0.29) is 5.92 Å². The summed E-state index contributed by atoms with van der Waals surface area (Å²) in [5.41, 5.74) is 6.92. The second kappa shape index (κ2) is 17.0. The summed E-state index contributed by atoms with van der Waals surface area (Å²) >= 11 is 12.9. The van der Waals surface area contributed by atoms with Gasteiger partial charge in [0.25, 0.3) is 0 Å². The number of nitrogens with zero attached hydrogens (tertiary/aromatic N) is 1. The molecule has 35 heavy (non-hydrogen) atoms. The van der Waals surface area contributed by atoms with Gasteiger partial charge in [-0.3, -0.25) is 0 Å². The lowest BCUT2D eigenvalue weighted by Gasteiger charge is -2.18. The Balaban J connectivity index is 0.00000274. The monoisotopic (exact) mass is 517 g/mol. The van der Waals surface area contributed by atoms with Crippen LogP contribution < -0.4 is 10.6 Å². The molecule has 192 valence electrons. The summed E-state index contributed by atoms with van der Waals surface area (Å²) < 4.78 is 0. The molecule has 0 radical (unpaired) electrons. The maximum Gasteiger partial charge on any atom is 0.140 e. The number of allylic oxidation sites excluding steroid dienone is 4. The van der Waals surface area contributed by atoms with Crippen LogP contribution in [0.1, 0.15) is 58.2 Å². The van der Waals surface area contributed by atoms with E-state index < -0.39 is 0 Å². The highest BCUT2D eigenvalue weighted by molar-refractivity contribution is 6.40. The van der Waals surface area contributed by atoms with Gasteiger partial charge in [-0.2, -0.15) is 0 Å². The van der Waals surface area contributed by atoms with Crippen molar-refractivity contribution in [3.05, 3.63) is 99.0 Å². The molecule has 6 heteroatoms. The highest BCUT2D eigenvalue weighted by atomic mass is 35.5. The zero-order chi connectivity index (χ0) is 27.1. The number of aryl methyl sites for hydroxylation is 2. The molecule has 0 spiro atoms. The zero-order valence-electron chi connectivity index (χ0n) is 22.6. The highest BCUT2D eigenvalue weighted by Crippen LogP contribution is 2.26. The number of anilines is 1. The fraction of sp³-hybridized carbons (Fsp3) is 0.345. The second-order valence-electron chi connectivity index (χ2n) is 7.70. The Morgan fingerprint density at radius 3 is 2.11 bits per heavy atom. The fourth-order valence-electron chi connectivity index (χ4n) is 2.93. The number of aliphatic imine (C=N–C) groups is 1. The minimum atomic E-state index is 0.0832. The molecular weight excluding hydrogens is 477 g/mol. The van der Waals surface area contributed by atoms with E-state index in [9.17, 15) is 0 Å². The molecule has 2 aromatic rings. The Morgan fingerprint density at radius 1 is 1.03 bits per heavy atom. The van der Waals surface area contributed by atoms with E-state index in [1.807, 2.05) is 58.9 Å². The summed E-state index contributed by atoms with van der Waals surface area (Å²) in [7, 11) is 1.00. The largest absolute Gasteiger partial charge is 0.400 e. The maximum atomic E-state index is 7.00. The van der Waals surface area contributed by atoms with Crippen LogP contribution in [0.3, 0.4) is 0 Å². The van der Waals surface area contributed by atoms with Gasteiger partial charge in [0.15, 0.2) is 0 Å². The van der Waals surface area contributed by atoms with Crippen LogP contribution in [0.4, 0.5) is 5.69 Å². The Bertz CT molecular complexity index is 1040. The molecule has 0 fully saturated rings. The minimum absolute atomic E-state index is 0.0832.